The van der Waals surface area contributed by atoms with E-state index in [2.05, 4.69) is 33.6 Å². The molecule has 0 atom stereocenters. The van der Waals surface area contributed by atoms with Gasteiger partial charge < -0.3 is 14.3 Å². The van der Waals surface area contributed by atoms with Gasteiger partial charge >= 0.3 is 0 Å². The quantitative estimate of drug-likeness (QED) is 0.629. The highest BCUT2D eigenvalue weighted by Gasteiger charge is 2.15. The Labute approximate surface area is 177 Å². The van der Waals surface area contributed by atoms with Crippen molar-refractivity contribution in [2.75, 3.05) is 13.1 Å². The Balaban J connectivity index is 1.32. The van der Waals surface area contributed by atoms with Crippen molar-refractivity contribution in [3.63, 3.8) is 0 Å². The molecule has 2 aromatic heterocycles. The lowest BCUT2D eigenvalue weighted by Gasteiger charge is -2.26. The van der Waals surface area contributed by atoms with Crippen molar-refractivity contribution in [2.24, 2.45) is 0 Å². The molecule has 1 fully saturated rings. The molecule has 4 rings (SSSR count). The van der Waals surface area contributed by atoms with Gasteiger partial charge in [0.25, 0.3) is 5.91 Å². The summed E-state index contributed by atoms with van der Waals surface area (Å²) < 4.78 is 10.9. The van der Waals surface area contributed by atoms with Gasteiger partial charge in [-0.15, -0.1) is 0 Å². The van der Waals surface area contributed by atoms with Gasteiger partial charge in [-0.25, -0.2) is 0 Å². The number of furan rings is 1. The van der Waals surface area contributed by atoms with Crippen LogP contribution in [0.1, 0.15) is 63.7 Å². The lowest BCUT2D eigenvalue weighted by molar-refractivity contribution is 0.0921. The summed E-state index contributed by atoms with van der Waals surface area (Å²) in [5.41, 5.74) is 4.24. The van der Waals surface area contributed by atoms with Gasteiger partial charge in [-0.05, 0) is 63.0 Å². The molecule has 0 bridgehead atoms. The second-order valence-corrected chi connectivity index (χ2v) is 8.08. The third-order valence-electron chi connectivity index (χ3n) is 5.72. The number of piperidine rings is 1. The molecule has 158 valence electrons. The predicted octanol–water partition coefficient (Wildman–Crippen LogP) is 4.39. The lowest BCUT2D eigenvalue weighted by Crippen LogP contribution is -2.29. The molecule has 6 heteroatoms. The average Bonchev–Trinajstić information content (AvgIpc) is 3.35. The highest BCUT2D eigenvalue weighted by molar-refractivity contribution is 5.91. The zero-order chi connectivity index (χ0) is 20.9. The van der Waals surface area contributed by atoms with Crippen LogP contribution in [0.2, 0.25) is 0 Å². The maximum absolute atomic E-state index is 12.5. The number of nitrogens with zero attached hydrogens (tertiary/aromatic N) is 2. The number of aromatic nitrogens is 1. The van der Waals surface area contributed by atoms with Crippen LogP contribution < -0.4 is 5.32 Å². The monoisotopic (exact) mass is 407 g/mol. The van der Waals surface area contributed by atoms with Gasteiger partial charge in [0.05, 0.1) is 5.69 Å². The molecule has 0 radical (unpaired) electrons. The molecule has 0 aliphatic carbocycles. The summed E-state index contributed by atoms with van der Waals surface area (Å²) in [6.45, 7) is 7.59. The maximum Gasteiger partial charge on any atom is 0.287 e. The van der Waals surface area contributed by atoms with E-state index in [-0.39, 0.29) is 5.91 Å². The molecule has 1 aromatic carbocycles. The van der Waals surface area contributed by atoms with E-state index in [9.17, 15) is 4.79 Å². The summed E-state index contributed by atoms with van der Waals surface area (Å²) >= 11 is 0. The fourth-order valence-electron chi connectivity index (χ4n) is 4.01. The summed E-state index contributed by atoms with van der Waals surface area (Å²) in [5.74, 6) is 1.61. The highest BCUT2D eigenvalue weighted by atomic mass is 16.5. The number of aryl methyl sites for hydroxylation is 2. The number of amides is 1. The zero-order valence-electron chi connectivity index (χ0n) is 17.7. The Morgan fingerprint density at radius 1 is 1.10 bits per heavy atom. The second kappa shape index (κ2) is 9.30. The Morgan fingerprint density at radius 2 is 1.90 bits per heavy atom. The van der Waals surface area contributed by atoms with E-state index < -0.39 is 0 Å². The summed E-state index contributed by atoms with van der Waals surface area (Å²) in [6, 6.07) is 12.0. The Morgan fingerprint density at radius 3 is 2.67 bits per heavy atom. The first-order valence-electron chi connectivity index (χ1n) is 10.7. The van der Waals surface area contributed by atoms with Crippen LogP contribution in [0.5, 0.6) is 0 Å². The molecular weight excluding hydrogens is 378 g/mol. The number of hydrogen-bond acceptors (Lipinski definition) is 5. The summed E-state index contributed by atoms with van der Waals surface area (Å²) in [6.07, 6.45) is 4.48. The van der Waals surface area contributed by atoms with Gasteiger partial charge in [0.15, 0.2) is 5.76 Å². The third kappa shape index (κ3) is 5.00. The van der Waals surface area contributed by atoms with Crippen LogP contribution >= 0.6 is 0 Å². The van der Waals surface area contributed by atoms with Crippen molar-refractivity contribution >= 4 is 5.91 Å². The van der Waals surface area contributed by atoms with Crippen LogP contribution in [-0.2, 0) is 19.5 Å². The number of carbonyl (C=O) groups is 1. The molecular formula is C24H29N3O3. The van der Waals surface area contributed by atoms with Gasteiger partial charge in [0.2, 0.25) is 0 Å². The summed E-state index contributed by atoms with van der Waals surface area (Å²) in [4.78, 5) is 15.0. The van der Waals surface area contributed by atoms with Crippen molar-refractivity contribution in [1.82, 2.24) is 15.4 Å². The van der Waals surface area contributed by atoms with Crippen molar-refractivity contribution in [2.45, 2.75) is 52.6 Å². The van der Waals surface area contributed by atoms with E-state index in [1.54, 1.807) is 6.07 Å². The van der Waals surface area contributed by atoms with Crippen molar-refractivity contribution < 1.29 is 13.7 Å². The molecule has 30 heavy (non-hydrogen) atoms. The van der Waals surface area contributed by atoms with Crippen molar-refractivity contribution in [1.29, 1.82) is 0 Å². The van der Waals surface area contributed by atoms with Crippen LogP contribution in [0.3, 0.4) is 0 Å². The second-order valence-electron chi connectivity index (χ2n) is 8.08. The van der Waals surface area contributed by atoms with E-state index in [0.717, 1.165) is 34.9 Å². The van der Waals surface area contributed by atoms with Crippen LogP contribution in [0.4, 0.5) is 0 Å². The number of benzene rings is 1. The highest BCUT2D eigenvalue weighted by Crippen LogP contribution is 2.19. The largest absolute Gasteiger partial charge is 0.456 e. The minimum atomic E-state index is -0.207. The molecule has 1 amide bonds. The Kier molecular flexibility index (Phi) is 6.33. The molecule has 6 nitrogen and oxygen atoms in total. The zero-order valence-corrected chi connectivity index (χ0v) is 17.7. The SMILES string of the molecule is Cc1noc(C)c1Cc1ccc(C(=O)NCc2cccc(CN3CCCCC3)c2)o1. The third-order valence-corrected chi connectivity index (χ3v) is 5.72. The van der Waals surface area contributed by atoms with E-state index in [1.807, 2.05) is 26.0 Å². The standard InChI is InChI=1S/C24H29N3O3/c1-17-22(18(2)30-26-17)14-21-9-10-23(29-21)24(28)25-15-19-7-6-8-20(13-19)16-27-11-4-3-5-12-27/h6-10,13H,3-5,11-12,14-16H2,1-2H3,(H,25,28). The van der Waals surface area contributed by atoms with Crippen LogP contribution in [-0.4, -0.2) is 29.1 Å². The fourth-order valence-corrected chi connectivity index (χ4v) is 4.01. The Bertz CT molecular complexity index is 979. The molecule has 1 N–H and O–H groups in total. The number of likely N-dealkylation sites (tertiary alicyclic amines) is 1. The first kappa shape index (κ1) is 20.4. The lowest BCUT2D eigenvalue weighted by atomic mass is 10.1. The van der Waals surface area contributed by atoms with E-state index in [0.29, 0.717) is 18.7 Å². The first-order valence-corrected chi connectivity index (χ1v) is 10.7. The Hall–Kier alpha value is -2.86. The van der Waals surface area contributed by atoms with E-state index in [4.69, 9.17) is 8.94 Å². The van der Waals surface area contributed by atoms with Crippen LogP contribution in [0.25, 0.3) is 0 Å². The molecule has 0 unspecified atom stereocenters. The maximum atomic E-state index is 12.5. The van der Waals surface area contributed by atoms with Crippen molar-refractivity contribution in [3.05, 3.63) is 76.1 Å². The van der Waals surface area contributed by atoms with Gasteiger partial charge in [-0.3, -0.25) is 9.69 Å². The van der Waals surface area contributed by atoms with E-state index >= 15 is 0 Å². The summed E-state index contributed by atoms with van der Waals surface area (Å²) in [7, 11) is 0. The number of nitrogens with one attached hydrogen (secondary N) is 1. The van der Waals surface area contributed by atoms with E-state index in [1.165, 1.54) is 37.9 Å². The summed E-state index contributed by atoms with van der Waals surface area (Å²) in [5, 5.41) is 6.93. The molecule has 1 aliphatic heterocycles. The topological polar surface area (TPSA) is 71.5 Å². The normalized spacial score (nSPS) is 14.7. The van der Waals surface area contributed by atoms with Gasteiger partial charge in [-0.2, -0.15) is 0 Å². The number of hydrogen-bond donors (Lipinski definition) is 1. The first-order chi connectivity index (χ1) is 14.6. The van der Waals surface area contributed by atoms with Crippen LogP contribution in [0.15, 0.2) is 45.3 Å². The smallest absolute Gasteiger partial charge is 0.287 e. The molecule has 1 aliphatic rings. The number of carbonyl (C=O) groups excluding carboxylic acids is 1. The molecule has 3 aromatic rings. The van der Waals surface area contributed by atoms with Crippen molar-refractivity contribution in [3.8, 4) is 0 Å². The molecule has 0 spiro atoms. The van der Waals surface area contributed by atoms with Crippen LogP contribution in [0, 0.1) is 13.8 Å². The molecule has 3 heterocycles. The minimum Gasteiger partial charge on any atom is -0.456 e. The molecule has 1 saturated heterocycles. The van der Waals surface area contributed by atoms with Gasteiger partial charge in [0.1, 0.15) is 11.5 Å². The molecule has 0 saturated carbocycles. The van der Waals surface area contributed by atoms with Gasteiger partial charge in [0, 0.05) is 25.1 Å². The number of rotatable bonds is 7. The fraction of sp³-hybridized carbons (Fsp3) is 0.417. The minimum absolute atomic E-state index is 0.207. The predicted molar refractivity (Wildman–Crippen MR) is 114 cm³/mol. The average molecular weight is 408 g/mol. The van der Waals surface area contributed by atoms with Gasteiger partial charge in [-0.1, -0.05) is 35.8 Å².